The number of anilines is 2. The lowest BCUT2D eigenvalue weighted by Gasteiger charge is -2.21. The first-order chi connectivity index (χ1) is 12.6. The fourth-order valence-electron chi connectivity index (χ4n) is 2.13. The molecule has 150 valence electrons. The molecule has 0 atom stereocenters. The van der Waals surface area contributed by atoms with Gasteiger partial charge in [-0.05, 0) is 50.4 Å². The van der Waals surface area contributed by atoms with E-state index >= 15 is 0 Å². The van der Waals surface area contributed by atoms with Crippen molar-refractivity contribution in [2.24, 2.45) is 0 Å². The lowest BCUT2D eigenvalue weighted by atomic mass is 10.1. The van der Waals surface area contributed by atoms with Gasteiger partial charge in [-0.2, -0.15) is 0 Å². The average Bonchev–Trinajstić information content (AvgIpc) is 2.70. The molecule has 0 saturated carbocycles. The van der Waals surface area contributed by atoms with Crippen LogP contribution >= 0.6 is 0 Å². The average molecular weight is 374 g/mol. The normalized spacial score (nSPS) is 12.9. The quantitative estimate of drug-likeness (QED) is 0.788. The molecule has 3 rings (SSSR count). The Labute approximate surface area is 164 Å². The summed E-state index contributed by atoms with van der Waals surface area (Å²) in [6.45, 7) is 5.58. The summed E-state index contributed by atoms with van der Waals surface area (Å²) in [4.78, 5) is 13.1. The van der Waals surface area contributed by atoms with Crippen LogP contribution < -0.4 is 10.6 Å². The monoisotopic (exact) mass is 373 g/mol. The molecule has 0 aromatic heterocycles. The summed E-state index contributed by atoms with van der Waals surface area (Å²) in [5.74, 6) is 0.104. The van der Waals surface area contributed by atoms with Crippen LogP contribution in [0.3, 0.4) is 0 Å². The van der Waals surface area contributed by atoms with E-state index in [-0.39, 0.29) is 13.2 Å². The first kappa shape index (κ1) is 24.6. The maximum Gasteiger partial charge on any atom is 0.159 e. The molecular formula is C22H35N3O2. The van der Waals surface area contributed by atoms with Crippen molar-refractivity contribution >= 4 is 17.2 Å². The van der Waals surface area contributed by atoms with E-state index in [1.54, 1.807) is 6.92 Å². The molecule has 5 nitrogen and oxygen atoms in total. The third kappa shape index (κ3) is 11.1. The molecule has 0 radical (unpaired) electrons. The second-order valence-electron chi connectivity index (χ2n) is 5.92. The third-order valence-corrected chi connectivity index (χ3v) is 3.88. The number of morpholine rings is 1. The van der Waals surface area contributed by atoms with Gasteiger partial charge in [-0.25, -0.2) is 0 Å². The Hall–Kier alpha value is -2.37. The second-order valence-corrected chi connectivity index (χ2v) is 5.92. The number of carbonyl (C=O) groups excluding carboxylic acids is 1. The highest BCUT2D eigenvalue weighted by Crippen LogP contribution is 2.08. The van der Waals surface area contributed by atoms with E-state index in [9.17, 15) is 4.79 Å². The summed E-state index contributed by atoms with van der Waals surface area (Å²) in [6, 6.07) is 17.5. The molecule has 5 heteroatoms. The van der Waals surface area contributed by atoms with Crippen LogP contribution in [0.25, 0.3) is 0 Å². The molecule has 1 saturated heterocycles. The molecule has 0 spiro atoms. The van der Waals surface area contributed by atoms with Gasteiger partial charge < -0.3 is 20.3 Å². The summed E-state index contributed by atoms with van der Waals surface area (Å²) in [7, 11) is 5.88. The van der Waals surface area contributed by atoms with Crippen LogP contribution in [0.5, 0.6) is 0 Å². The van der Waals surface area contributed by atoms with Crippen LogP contribution in [0.4, 0.5) is 11.4 Å². The molecule has 0 bridgehead atoms. The Morgan fingerprint density at radius 2 is 1.37 bits per heavy atom. The lowest BCUT2D eigenvalue weighted by molar-refractivity contribution is 0.0503. The Balaban J connectivity index is 0.000000379. The highest BCUT2D eigenvalue weighted by Gasteiger charge is 2.02. The molecule has 1 aliphatic heterocycles. The Morgan fingerprint density at radius 1 is 0.889 bits per heavy atom. The van der Waals surface area contributed by atoms with Crippen LogP contribution in [-0.2, 0) is 4.74 Å². The van der Waals surface area contributed by atoms with E-state index in [1.807, 2.05) is 68.7 Å². The van der Waals surface area contributed by atoms with Gasteiger partial charge in [0.2, 0.25) is 0 Å². The molecular weight excluding hydrogens is 338 g/mol. The summed E-state index contributed by atoms with van der Waals surface area (Å²) in [5, 5.41) is 6.01. The minimum atomic E-state index is 0. The maximum absolute atomic E-state index is 10.8. The van der Waals surface area contributed by atoms with E-state index in [2.05, 4.69) is 22.6 Å². The molecule has 2 N–H and O–H groups in total. The highest BCUT2D eigenvalue weighted by molar-refractivity contribution is 5.94. The minimum Gasteiger partial charge on any atom is -0.388 e. The molecule has 0 amide bonds. The van der Waals surface area contributed by atoms with Gasteiger partial charge in [0, 0.05) is 44.1 Å². The van der Waals surface area contributed by atoms with Gasteiger partial charge in [0.15, 0.2) is 5.78 Å². The number of nitrogens with zero attached hydrogens (tertiary/aromatic N) is 1. The number of para-hydroxylation sites is 1. The SMILES string of the molecule is C.CN1CCOCC1.CNc1ccc(C(C)=O)cc1.CNc1ccccc1. The Bertz CT molecular complexity index is 609. The standard InChI is InChI=1S/C9H11NO.C7H9N.C5H11NO.CH4/c1-7(11)8-3-5-9(10-2)6-4-8;1-8-7-5-3-2-4-6-7;1-6-2-4-7-5-3-6;/h3-6,10H,1-2H3;2-6,8H,1H3;2-5H2,1H3;1H4. The number of rotatable bonds is 3. The predicted octanol–water partition coefficient (Wildman–Crippen LogP) is 4.24. The molecule has 1 aliphatic rings. The van der Waals surface area contributed by atoms with Gasteiger partial charge in [0.1, 0.15) is 0 Å². The number of benzene rings is 2. The predicted molar refractivity (Wildman–Crippen MR) is 117 cm³/mol. The molecule has 0 aliphatic carbocycles. The smallest absolute Gasteiger partial charge is 0.159 e. The first-order valence-electron chi connectivity index (χ1n) is 8.84. The van der Waals surface area contributed by atoms with Crippen LogP contribution in [0.15, 0.2) is 54.6 Å². The topological polar surface area (TPSA) is 53.6 Å². The van der Waals surface area contributed by atoms with E-state index in [4.69, 9.17) is 4.74 Å². The number of Topliss-reactive ketones (excluding diaryl/α,β-unsaturated/α-hetero) is 1. The van der Waals surface area contributed by atoms with E-state index in [0.717, 1.165) is 43.2 Å². The van der Waals surface area contributed by atoms with E-state index < -0.39 is 0 Å². The van der Waals surface area contributed by atoms with Gasteiger partial charge in [-0.1, -0.05) is 25.6 Å². The number of likely N-dealkylation sites (N-methyl/N-ethyl adjacent to an activating group) is 1. The minimum absolute atomic E-state index is 0. The zero-order valence-corrected chi connectivity index (χ0v) is 16.3. The number of carbonyl (C=O) groups is 1. The van der Waals surface area contributed by atoms with E-state index in [0.29, 0.717) is 0 Å². The zero-order valence-electron chi connectivity index (χ0n) is 16.3. The number of hydrogen-bond donors (Lipinski definition) is 2. The summed E-state index contributed by atoms with van der Waals surface area (Å²) in [5.41, 5.74) is 2.94. The zero-order chi connectivity index (χ0) is 19.2. The Morgan fingerprint density at radius 3 is 1.70 bits per heavy atom. The number of hydrogen-bond acceptors (Lipinski definition) is 5. The number of nitrogens with one attached hydrogen (secondary N) is 2. The largest absolute Gasteiger partial charge is 0.388 e. The molecule has 0 unspecified atom stereocenters. The van der Waals surface area contributed by atoms with Crippen LogP contribution in [-0.4, -0.2) is 58.1 Å². The van der Waals surface area contributed by atoms with Crippen LogP contribution in [0.1, 0.15) is 24.7 Å². The Kier molecular flexibility index (Phi) is 13.5. The summed E-state index contributed by atoms with van der Waals surface area (Å²) >= 11 is 0. The van der Waals surface area contributed by atoms with Crippen molar-refractivity contribution in [1.29, 1.82) is 0 Å². The first-order valence-corrected chi connectivity index (χ1v) is 8.84. The second kappa shape index (κ2) is 14.8. The highest BCUT2D eigenvalue weighted by atomic mass is 16.5. The van der Waals surface area contributed by atoms with Crippen LogP contribution in [0.2, 0.25) is 0 Å². The fourth-order valence-corrected chi connectivity index (χ4v) is 2.13. The molecule has 1 heterocycles. The van der Waals surface area contributed by atoms with Gasteiger partial charge >= 0.3 is 0 Å². The number of ketones is 1. The summed E-state index contributed by atoms with van der Waals surface area (Å²) < 4.78 is 5.10. The van der Waals surface area contributed by atoms with Crippen molar-refractivity contribution in [2.75, 3.05) is 58.1 Å². The van der Waals surface area contributed by atoms with Crippen LogP contribution in [0, 0.1) is 0 Å². The third-order valence-electron chi connectivity index (χ3n) is 3.88. The molecule has 1 fully saturated rings. The molecule has 27 heavy (non-hydrogen) atoms. The lowest BCUT2D eigenvalue weighted by Crippen LogP contribution is -2.32. The van der Waals surface area contributed by atoms with Gasteiger partial charge in [0.05, 0.1) is 13.2 Å². The molecule has 2 aromatic carbocycles. The van der Waals surface area contributed by atoms with E-state index in [1.165, 1.54) is 0 Å². The molecule has 2 aromatic rings. The number of ether oxygens (including phenoxy) is 1. The van der Waals surface area contributed by atoms with Gasteiger partial charge in [-0.15, -0.1) is 0 Å². The van der Waals surface area contributed by atoms with Crippen molar-refractivity contribution < 1.29 is 9.53 Å². The van der Waals surface area contributed by atoms with Crippen molar-refractivity contribution in [2.45, 2.75) is 14.4 Å². The van der Waals surface area contributed by atoms with Crippen molar-refractivity contribution in [3.63, 3.8) is 0 Å². The maximum atomic E-state index is 10.8. The van der Waals surface area contributed by atoms with Crippen molar-refractivity contribution in [1.82, 2.24) is 4.90 Å². The van der Waals surface area contributed by atoms with Gasteiger partial charge in [0.25, 0.3) is 0 Å². The summed E-state index contributed by atoms with van der Waals surface area (Å²) in [6.07, 6.45) is 0. The van der Waals surface area contributed by atoms with Gasteiger partial charge in [-0.3, -0.25) is 4.79 Å². The van der Waals surface area contributed by atoms with Crippen molar-refractivity contribution in [3.05, 3.63) is 60.2 Å². The fraction of sp³-hybridized carbons (Fsp3) is 0.409. The van der Waals surface area contributed by atoms with Crippen molar-refractivity contribution in [3.8, 4) is 0 Å².